The van der Waals surface area contributed by atoms with Crippen LogP contribution in [0.2, 0.25) is 0 Å². The number of aliphatic hydroxyl groups excluding tert-OH is 2. The van der Waals surface area contributed by atoms with Crippen molar-refractivity contribution in [2.45, 2.75) is 30.6 Å². The third-order valence-corrected chi connectivity index (χ3v) is 5.93. The second-order valence-corrected chi connectivity index (χ2v) is 8.23. The normalized spacial score (nSPS) is 28.9. The quantitative estimate of drug-likeness (QED) is 0.451. The van der Waals surface area contributed by atoms with Gasteiger partial charge in [-0.3, -0.25) is 4.57 Å². The van der Waals surface area contributed by atoms with E-state index in [0.29, 0.717) is 23.5 Å². The van der Waals surface area contributed by atoms with Gasteiger partial charge >= 0.3 is 0 Å². The topological polar surface area (TPSA) is 115 Å². The van der Waals surface area contributed by atoms with Crippen LogP contribution in [-0.2, 0) is 16.0 Å². The van der Waals surface area contributed by atoms with Gasteiger partial charge in [-0.2, -0.15) is 0 Å². The number of aliphatic hydroxyl groups is 2. The Morgan fingerprint density at radius 1 is 1.32 bits per heavy atom. The maximum Gasteiger partial charge on any atom is 0.167 e. The first-order valence-corrected chi connectivity index (χ1v) is 9.93. The minimum absolute atomic E-state index is 0.163. The van der Waals surface area contributed by atoms with Crippen LogP contribution in [0.25, 0.3) is 11.2 Å². The van der Waals surface area contributed by atoms with Gasteiger partial charge in [-0.25, -0.2) is 15.0 Å². The van der Waals surface area contributed by atoms with E-state index in [9.17, 15) is 10.2 Å². The minimum Gasteiger partial charge on any atom is -0.393 e. The molecule has 4 atom stereocenters. The van der Waals surface area contributed by atoms with Crippen LogP contribution < -0.4 is 5.32 Å². The van der Waals surface area contributed by atoms with Gasteiger partial charge in [0.15, 0.2) is 23.2 Å². The molecule has 1 aromatic carbocycles. The molecule has 2 aliphatic rings. The molecule has 2 unspecified atom stereocenters. The van der Waals surface area contributed by atoms with E-state index in [0.717, 1.165) is 5.56 Å². The number of anilines is 1. The summed E-state index contributed by atoms with van der Waals surface area (Å²) in [5, 5.41) is 23.4. The molecule has 0 saturated carbocycles. The van der Waals surface area contributed by atoms with Crippen molar-refractivity contribution in [1.82, 2.24) is 19.5 Å². The Hall–Kier alpha value is -1.86. The van der Waals surface area contributed by atoms with Crippen molar-refractivity contribution in [1.29, 1.82) is 0 Å². The Labute approximate surface area is 173 Å². The highest BCUT2D eigenvalue weighted by molar-refractivity contribution is 14.1. The SMILES string of the molecule is OC[C@@]12COC(C1O)[C@H](n1cnc3c(NCc4cccc(I)c4)ncnc31)O2. The van der Waals surface area contributed by atoms with Gasteiger partial charge in [0.05, 0.1) is 19.5 Å². The molecule has 2 bridgehead atoms. The summed E-state index contributed by atoms with van der Waals surface area (Å²) in [5.41, 5.74) is 1.22. The zero-order chi connectivity index (χ0) is 19.3. The molecule has 10 heteroatoms. The molecule has 146 valence electrons. The smallest absolute Gasteiger partial charge is 0.167 e. The van der Waals surface area contributed by atoms with E-state index in [1.807, 2.05) is 18.2 Å². The molecule has 3 aromatic rings. The highest BCUT2D eigenvalue weighted by atomic mass is 127. The summed E-state index contributed by atoms with van der Waals surface area (Å²) in [6, 6.07) is 8.19. The van der Waals surface area contributed by atoms with Crippen LogP contribution in [-0.4, -0.2) is 60.8 Å². The summed E-state index contributed by atoms with van der Waals surface area (Å²) in [7, 11) is 0. The molecule has 0 amide bonds. The van der Waals surface area contributed by atoms with Crippen LogP contribution in [0.3, 0.4) is 0 Å². The first kappa shape index (κ1) is 18.2. The minimum atomic E-state index is -1.09. The Morgan fingerprint density at radius 2 is 2.21 bits per heavy atom. The number of ether oxygens (including phenoxy) is 2. The molecular formula is C18H18IN5O4. The molecule has 2 saturated heterocycles. The first-order valence-electron chi connectivity index (χ1n) is 8.85. The number of hydrogen-bond donors (Lipinski definition) is 3. The molecule has 2 fully saturated rings. The number of benzene rings is 1. The summed E-state index contributed by atoms with van der Waals surface area (Å²) < 4.78 is 14.5. The monoisotopic (exact) mass is 495 g/mol. The average molecular weight is 495 g/mol. The number of nitrogens with one attached hydrogen (secondary N) is 1. The van der Waals surface area contributed by atoms with Crippen LogP contribution >= 0.6 is 22.6 Å². The first-order chi connectivity index (χ1) is 13.6. The molecule has 4 heterocycles. The lowest BCUT2D eigenvalue weighted by Gasteiger charge is -2.29. The molecular weight excluding hydrogens is 477 g/mol. The van der Waals surface area contributed by atoms with Gasteiger partial charge in [0, 0.05) is 10.1 Å². The van der Waals surface area contributed by atoms with Gasteiger partial charge in [-0.1, -0.05) is 12.1 Å². The third-order valence-electron chi connectivity index (χ3n) is 5.26. The van der Waals surface area contributed by atoms with Crippen molar-refractivity contribution in [2.24, 2.45) is 0 Å². The number of rotatable bonds is 5. The van der Waals surface area contributed by atoms with Crippen LogP contribution in [0.1, 0.15) is 11.8 Å². The fourth-order valence-electron chi connectivity index (χ4n) is 3.75. The predicted molar refractivity (Wildman–Crippen MR) is 107 cm³/mol. The standard InChI is InChI=1S/C18H18IN5O4/c19-11-3-1-2-10(4-11)5-20-15-12-16(22-8-21-15)24(9-23-12)17-13-14(26)18(6-25,28-17)7-27-13/h1-4,8-9,13-14,17,25-26H,5-7H2,(H,20,21,22)/t13?,14?,17-,18-/m1/s1. The van der Waals surface area contributed by atoms with E-state index in [1.165, 1.54) is 9.90 Å². The summed E-state index contributed by atoms with van der Waals surface area (Å²) in [6.07, 6.45) is 0.966. The Bertz CT molecular complexity index is 1030. The predicted octanol–water partition coefficient (Wildman–Crippen LogP) is 1.06. The summed E-state index contributed by atoms with van der Waals surface area (Å²) in [6.45, 7) is 0.454. The van der Waals surface area contributed by atoms with Crippen molar-refractivity contribution < 1.29 is 19.7 Å². The van der Waals surface area contributed by atoms with Gasteiger partial charge in [-0.05, 0) is 40.3 Å². The lowest BCUT2D eigenvalue weighted by molar-refractivity contribution is -0.185. The highest BCUT2D eigenvalue weighted by Gasteiger charge is 2.61. The van der Waals surface area contributed by atoms with E-state index in [2.05, 4.69) is 48.9 Å². The number of nitrogens with zero attached hydrogens (tertiary/aromatic N) is 4. The van der Waals surface area contributed by atoms with E-state index in [4.69, 9.17) is 9.47 Å². The second-order valence-electron chi connectivity index (χ2n) is 6.98. The number of hydrogen-bond acceptors (Lipinski definition) is 8. The van der Waals surface area contributed by atoms with Gasteiger partial charge in [0.1, 0.15) is 24.1 Å². The van der Waals surface area contributed by atoms with E-state index >= 15 is 0 Å². The summed E-state index contributed by atoms with van der Waals surface area (Å²) in [4.78, 5) is 13.1. The van der Waals surface area contributed by atoms with E-state index in [-0.39, 0.29) is 13.2 Å². The van der Waals surface area contributed by atoms with Crippen molar-refractivity contribution >= 4 is 39.6 Å². The second kappa shape index (κ2) is 6.88. The lowest BCUT2D eigenvalue weighted by Crippen LogP contribution is -2.44. The Balaban J connectivity index is 1.43. The number of imidazole rings is 1. The Morgan fingerprint density at radius 3 is 3.00 bits per heavy atom. The van der Waals surface area contributed by atoms with Gasteiger partial charge < -0.3 is 25.0 Å². The molecule has 0 radical (unpaired) electrons. The molecule has 2 aliphatic heterocycles. The van der Waals surface area contributed by atoms with Crippen LogP contribution in [0.4, 0.5) is 5.82 Å². The summed E-state index contributed by atoms with van der Waals surface area (Å²) in [5.74, 6) is 0.615. The molecule has 0 spiro atoms. The molecule has 3 N–H and O–H groups in total. The number of halogens is 1. The van der Waals surface area contributed by atoms with Gasteiger partial charge in [-0.15, -0.1) is 0 Å². The van der Waals surface area contributed by atoms with E-state index in [1.54, 1.807) is 10.9 Å². The largest absolute Gasteiger partial charge is 0.393 e. The molecule has 2 aromatic heterocycles. The van der Waals surface area contributed by atoms with Crippen molar-refractivity contribution in [2.75, 3.05) is 18.5 Å². The van der Waals surface area contributed by atoms with Crippen LogP contribution in [0, 0.1) is 3.57 Å². The fourth-order valence-corrected chi connectivity index (χ4v) is 4.36. The lowest BCUT2D eigenvalue weighted by atomic mass is 10.0. The molecule has 0 aliphatic carbocycles. The Kier molecular flexibility index (Phi) is 4.47. The van der Waals surface area contributed by atoms with Gasteiger partial charge in [0.2, 0.25) is 0 Å². The number of fused-ring (bicyclic) bond motifs is 3. The highest BCUT2D eigenvalue weighted by Crippen LogP contribution is 2.45. The maximum atomic E-state index is 10.4. The van der Waals surface area contributed by atoms with Crippen LogP contribution in [0.15, 0.2) is 36.9 Å². The fraction of sp³-hybridized carbons (Fsp3) is 0.389. The van der Waals surface area contributed by atoms with E-state index < -0.39 is 24.0 Å². The molecule has 28 heavy (non-hydrogen) atoms. The zero-order valence-corrected chi connectivity index (χ0v) is 16.9. The zero-order valence-electron chi connectivity index (χ0n) is 14.7. The maximum absolute atomic E-state index is 10.4. The van der Waals surface area contributed by atoms with Crippen molar-refractivity contribution in [3.05, 3.63) is 46.1 Å². The third kappa shape index (κ3) is 2.78. The number of aromatic nitrogens is 4. The van der Waals surface area contributed by atoms with Crippen molar-refractivity contribution in [3.8, 4) is 0 Å². The molecule has 9 nitrogen and oxygen atoms in total. The average Bonchev–Trinajstić information content (AvgIpc) is 3.36. The van der Waals surface area contributed by atoms with Crippen LogP contribution in [0.5, 0.6) is 0 Å². The van der Waals surface area contributed by atoms with Gasteiger partial charge in [0.25, 0.3) is 0 Å². The van der Waals surface area contributed by atoms with Crippen molar-refractivity contribution in [3.63, 3.8) is 0 Å². The summed E-state index contributed by atoms with van der Waals surface area (Å²) >= 11 is 2.28. The molecule has 5 rings (SSSR count).